The Labute approximate surface area is 89.1 Å². The van der Waals surface area contributed by atoms with Crippen molar-refractivity contribution < 1.29 is 17.0 Å². The summed E-state index contributed by atoms with van der Waals surface area (Å²) in [6, 6.07) is 6.36. The smallest absolute Gasteiger partial charge is 0.306 e. The molecule has 0 unspecified atom stereocenters. The van der Waals surface area contributed by atoms with E-state index in [1.165, 1.54) is 0 Å². The highest BCUT2D eigenvalue weighted by molar-refractivity contribution is 7.85. The van der Waals surface area contributed by atoms with E-state index >= 15 is 0 Å². The minimum Gasteiger partial charge on any atom is -0.494 e. The quantitative estimate of drug-likeness (QED) is 0.731. The lowest BCUT2D eigenvalue weighted by atomic mass is 10.2. The fourth-order valence-corrected chi connectivity index (χ4v) is 1.69. The molecular weight excluding hydrogens is 219 g/mol. The van der Waals surface area contributed by atoms with Crippen LogP contribution >= 0.6 is 0 Å². The van der Waals surface area contributed by atoms with Crippen LogP contribution in [-0.4, -0.2) is 15.0 Å². The van der Waals surface area contributed by atoms with Gasteiger partial charge in [-0.25, -0.2) is 0 Å². The average molecular weight is 232 g/mol. The van der Waals surface area contributed by atoms with Crippen LogP contribution in [0.2, 0.25) is 0 Å². The molecule has 84 valence electrons. The van der Waals surface area contributed by atoms with Gasteiger partial charge >= 0.3 is 10.2 Å². The highest BCUT2D eigenvalue weighted by Crippen LogP contribution is 2.14. The van der Waals surface area contributed by atoms with Gasteiger partial charge in [-0.15, -0.1) is 3.89 Å². The summed E-state index contributed by atoms with van der Waals surface area (Å²) in [5, 5.41) is 0. The third-order valence-electron chi connectivity index (χ3n) is 1.74. The van der Waals surface area contributed by atoms with E-state index in [0.29, 0.717) is 17.9 Å². The molecule has 5 heteroatoms. The largest absolute Gasteiger partial charge is 0.494 e. The van der Waals surface area contributed by atoms with Gasteiger partial charge in [-0.3, -0.25) is 0 Å². The van der Waals surface area contributed by atoms with Crippen LogP contribution in [0.15, 0.2) is 24.3 Å². The van der Waals surface area contributed by atoms with Gasteiger partial charge in [-0.1, -0.05) is 19.1 Å². The molecule has 1 aromatic rings. The van der Waals surface area contributed by atoms with Gasteiger partial charge in [0.2, 0.25) is 0 Å². The molecular formula is C10H13FO3S. The zero-order valence-electron chi connectivity index (χ0n) is 8.44. The maximum absolute atomic E-state index is 12.3. The van der Waals surface area contributed by atoms with Crippen molar-refractivity contribution in [3.05, 3.63) is 29.8 Å². The van der Waals surface area contributed by atoms with E-state index in [9.17, 15) is 12.3 Å². The molecule has 0 aliphatic carbocycles. The first kappa shape index (κ1) is 12.0. The van der Waals surface area contributed by atoms with Gasteiger partial charge in [0.1, 0.15) is 11.5 Å². The molecule has 0 saturated heterocycles. The van der Waals surface area contributed by atoms with E-state index in [-0.39, 0.29) is 0 Å². The Hall–Kier alpha value is -1.10. The minimum absolute atomic E-state index is 0.418. The fraction of sp³-hybridized carbons (Fsp3) is 0.400. The fourth-order valence-electron chi connectivity index (χ4n) is 1.10. The van der Waals surface area contributed by atoms with Crippen molar-refractivity contribution in [2.45, 2.75) is 19.1 Å². The Morgan fingerprint density at radius 1 is 1.27 bits per heavy atom. The van der Waals surface area contributed by atoms with Gasteiger partial charge in [0, 0.05) is 0 Å². The molecule has 0 amide bonds. The first-order valence-corrected chi connectivity index (χ1v) is 6.20. The van der Waals surface area contributed by atoms with Crippen LogP contribution in [0.5, 0.6) is 5.75 Å². The normalized spacial score (nSPS) is 11.3. The summed E-state index contributed by atoms with van der Waals surface area (Å²) in [6.07, 6.45) is 0.903. The Kier molecular flexibility index (Phi) is 4.08. The van der Waals surface area contributed by atoms with Crippen LogP contribution in [0.1, 0.15) is 18.9 Å². The lowest BCUT2D eigenvalue weighted by Gasteiger charge is -2.04. The molecule has 0 heterocycles. The molecule has 0 fully saturated rings. The highest BCUT2D eigenvalue weighted by Gasteiger charge is 2.08. The number of hydrogen-bond acceptors (Lipinski definition) is 3. The van der Waals surface area contributed by atoms with Crippen LogP contribution < -0.4 is 4.74 Å². The van der Waals surface area contributed by atoms with E-state index in [1.54, 1.807) is 24.3 Å². The van der Waals surface area contributed by atoms with Crippen molar-refractivity contribution in [3.63, 3.8) is 0 Å². The first-order chi connectivity index (χ1) is 7.01. The number of benzene rings is 1. The summed E-state index contributed by atoms with van der Waals surface area (Å²) in [6.45, 7) is 2.60. The van der Waals surface area contributed by atoms with Crippen molar-refractivity contribution in [3.8, 4) is 5.75 Å². The second-order valence-corrected chi connectivity index (χ2v) is 4.54. The molecule has 3 nitrogen and oxygen atoms in total. The summed E-state index contributed by atoms with van der Waals surface area (Å²) in [4.78, 5) is 0. The molecule has 1 rings (SSSR count). The number of hydrogen-bond donors (Lipinski definition) is 0. The lowest BCUT2D eigenvalue weighted by Crippen LogP contribution is -1.97. The maximum atomic E-state index is 12.3. The van der Waals surface area contributed by atoms with Crippen LogP contribution in [-0.2, 0) is 16.0 Å². The van der Waals surface area contributed by atoms with E-state index < -0.39 is 16.0 Å². The van der Waals surface area contributed by atoms with Crippen LogP contribution in [0, 0.1) is 0 Å². The van der Waals surface area contributed by atoms with E-state index in [0.717, 1.165) is 6.42 Å². The zero-order chi connectivity index (χ0) is 11.3. The standard InChI is InChI=1S/C10H13FO3S/c1-2-7-14-10-5-3-9(4-6-10)8-15(11,12)13/h3-6H,2,7-8H2,1H3. The molecule has 0 atom stereocenters. The molecule has 0 saturated carbocycles. The van der Waals surface area contributed by atoms with Gasteiger partial charge < -0.3 is 4.74 Å². The van der Waals surface area contributed by atoms with Crippen molar-refractivity contribution in [2.75, 3.05) is 6.61 Å². The molecule has 0 radical (unpaired) electrons. The van der Waals surface area contributed by atoms with Crippen molar-refractivity contribution in [2.24, 2.45) is 0 Å². The topological polar surface area (TPSA) is 43.4 Å². The van der Waals surface area contributed by atoms with Crippen molar-refractivity contribution in [1.82, 2.24) is 0 Å². The van der Waals surface area contributed by atoms with E-state index in [1.807, 2.05) is 6.92 Å². The second-order valence-electron chi connectivity index (χ2n) is 3.18. The Bertz CT molecular complexity index is 397. The molecule has 0 aliphatic rings. The van der Waals surface area contributed by atoms with Crippen molar-refractivity contribution in [1.29, 1.82) is 0 Å². The molecule has 1 aromatic carbocycles. The molecule has 15 heavy (non-hydrogen) atoms. The summed E-state index contributed by atoms with van der Waals surface area (Å²) in [7, 11) is -4.45. The summed E-state index contributed by atoms with van der Waals surface area (Å²) >= 11 is 0. The second kappa shape index (κ2) is 5.11. The molecule has 0 aliphatic heterocycles. The first-order valence-electron chi connectivity index (χ1n) is 4.65. The Morgan fingerprint density at radius 2 is 1.87 bits per heavy atom. The lowest BCUT2D eigenvalue weighted by molar-refractivity contribution is 0.317. The number of ether oxygens (including phenoxy) is 1. The monoisotopic (exact) mass is 232 g/mol. The van der Waals surface area contributed by atoms with E-state index in [4.69, 9.17) is 4.74 Å². The van der Waals surface area contributed by atoms with Crippen LogP contribution in [0.3, 0.4) is 0 Å². The predicted molar refractivity (Wildman–Crippen MR) is 56.0 cm³/mol. The molecule has 0 spiro atoms. The third-order valence-corrected chi connectivity index (χ3v) is 2.41. The predicted octanol–water partition coefficient (Wildman–Crippen LogP) is 2.27. The molecule has 0 aromatic heterocycles. The van der Waals surface area contributed by atoms with Gasteiger partial charge in [0.25, 0.3) is 0 Å². The van der Waals surface area contributed by atoms with Crippen LogP contribution in [0.4, 0.5) is 3.89 Å². The minimum atomic E-state index is -4.45. The summed E-state index contributed by atoms with van der Waals surface area (Å²) in [5.74, 6) is 0.0815. The van der Waals surface area contributed by atoms with Gasteiger partial charge in [0.05, 0.1) is 6.61 Å². The third kappa shape index (κ3) is 4.78. The Morgan fingerprint density at radius 3 is 2.33 bits per heavy atom. The van der Waals surface area contributed by atoms with Crippen molar-refractivity contribution >= 4 is 10.2 Å². The maximum Gasteiger partial charge on any atom is 0.306 e. The van der Waals surface area contributed by atoms with E-state index in [2.05, 4.69) is 0 Å². The van der Waals surface area contributed by atoms with Gasteiger partial charge in [-0.05, 0) is 24.1 Å². The van der Waals surface area contributed by atoms with Gasteiger partial charge in [-0.2, -0.15) is 8.42 Å². The number of halogens is 1. The summed E-state index contributed by atoms with van der Waals surface area (Å²) < 4.78 is 38.3. The molecule has 0 bridgehead atoms. The number of rotatable bonds is 5. The zero-order valence-corrected chi connectivity index (χ0v) is 9.26. The van der Waals surface area contributed by atoms with Crippen LogP contribution in [0.25, 0.3) is 0 Å². The SMILES string of the molecule is CCCOc1ccc(CS(=O)(=O)F)cc1. The van der Waals surface area contributed by atoms with Gasteiger partial charge in [0.15, 0.2) is 0 Å². The molecule has 0 N–H and O–H groups in total. The Balaban J connectivity index is 2.64. The highest BCUT2D eigenvalue weighted by atomic mass is 32.3. The summed E-state index contributed by atoms with van der Waals surface area (Å²) in [5.41, 5.74) is 0.418. The average Bonchev–Trinajstić information content (AvgIpc) is 2.14.